The van der Waals surface area contributed by atoms with Crippen LogP contribution in [0.25, 0.3) is 0 Å². The van der Waals surface area contributed by atoms with Crippen LogP contribution in [0.4, 0.5) is 0 Å². The third-order valence-corrected chi connectivity index (χ3v) is 5.73. The Hall–Kier alpha value is -1.34. The van der Waals surface area contributed by atoms with E-state index in [2.05, 4.69) is 20.5 Å². The molecular formula is C15H20N4OS2. The Kier molecular flexibility index (Phi) is 5.15. The molecule has 1 amide bonds. The van der Waals surface area contributed by atoms with Crippen LogP contribution < -0.4 is 5.32 Å². The lowest BCUT2D eigenvalue weighted by atomic mass is 10.1. The maximum Gasteiger partial charge on any atom is 0.233 e. The molecule has 2 aromatic rings. The number of amides is 1. The highest BCUT2D eigenvalue weighted by Crippen LogP contribution is 2.33. The fourth-order valence-electron chi connectivity index (χ4n) is 2.64. The van der Waals surface area contributed by atoms with E-state index in [0.29, 0.717) is 17.6 Å². The molecule has 2 heterocycles. The Balaban J connectivity index is 1.50. The van der Waals surface area contributed by atoms with Gasteiger partial charge in [-0.15, -0.1) is 16.4 Å². The van der Waals surface area contributed by atoms with E-state index in [-0.39, 0.29) is 11.2 Å². The quantitative estimate of drug-likeness (QED) is 0.794. The van der Waals surface area contributed by atoms with E-state index in [9.17, 15) is 4.79 Å². The van der Waals surface area contributed by atoms with Crippen LogP contribution in [0.3, 0.4) is 0 Å². The number of carbonyl (C=O) groups is 1. The molecule has 1 aliphatic rings. The third-order valence-electron chi connectivity index (χ3n) is 3.89. The molecule has 3 rings (SSSR count). The highest BCUT2D eigenvalue weighted by molar-refractivity contribution is 8.00. The second-order valence-electron chi connectivity index (χ2n) is 5.54. The summed E-state index contributed by atoms with van der Waals surface area (Å²) in [5.41, 5.74) is 0. The van der Waals surface area contributed by atoms with E-state index < -0.39 is 0 Å². The number of thiophene rings is 1. The van der Waals surface area contributed by atoms with Crippen LogP contribution in [-0.2, 0) is 11.3 Å². The predicted octanol–water partition coefficient (Wildman–Crippen LogP) is 3.32. The first kappa shape index (κ1) is 15.6. The molecule has 1 aliphatic carbocycles. The average molecular weight is 336 g/mol. The fraction of sp³-hybridized carbons (Fsp3) is 0.533. The van der Waals surface area contributed by atoms with Crippen molar-refractivity contribution in [3.05, 3.63) is 28.2 Å². The van der Waals surface area contributed by atoms with Gasteiger partial charge in [0, 0.05) is 10.8 Å². The molecule has 0 spiro atoms. The molecule has 0 saturated heterocycles. The first-order valence-electron chi connectivity index (χ1n) is 7.61. The van der Waals surface area contributed by atoms with Crippen molar-refractivity contribution < 1.29 is 4.79 Å². The molecule has 5 nitrogen and oxygen atoms in total. The first-order chi connectivity index (χ1) is 10.7. The van der Waals surface area contributed by atoms with Crippen molar-refractivity contribution in [3.8, 4) is 0 Å². The highest BCUT2D eigenvalue weighted by Gasteiger charge is 2.22. The number of carbonyl (C=O) groups excluding carboxylic acids is 1. The Morgan fingerprint density at radius 1 is 1.55 bits per heavy atom. The van der Waals surface area contributed by atoms with Crippen molar-refractivity contribution in [1.82, 2.24) is 20.5 Å². The maximum absolute atomic E-state index is 12.1. The van der Waals surface area contributed by atoms with Crippen LogP contribution in [0.5, 0.6) is 0 Å². The Morgan fingerprint density at radius 2 is 2.36 bits per heavy atom. The molecule has 1 saturated carbocycles. The van der Waals surface area contributed by atoms with Crippen LogP contribution in [0.15, 0.2) is 22.7 Å². The lowest BCUT2D eigenvalue weighted by Gasteiger charge is -2.09. The van der Waals surface area contributed by atoms with Gasteiger partial charge in [-0.3, -0.25) is 9.89 Å². The maximum atomic E-state index is 12.1. The third kappa shape index (κ3) is 3.89. The van der Waals surface area contributed by atoms with Crippen molar-refractivity contribution in [1.29, 1.82) is 0 Å². The number of H-pyrrole nitrogens is 1. The van der Waals surface area contributed by atoms with Crippen LogP contribution >= 0.6 is 23.1 Å². The summed E-state index contributed by atoms with van der Waals surface area (Å²) in [6.45, 7) is 2.47. The van der Waals surface area contributed by atoms with Gasteiger partial charge in [-0.05, 0) is 31.2 Å². The van der Waals surface area contributed by atoms with E-state index in [0.717, 1.165) is 10.7 Å². The minimum absolute atomic E-state index is 0.0191. The molecule has 118 valence electrons. The zero-order valence-electron chi connectivity index (χ0n) is 12.5. The summed E-state index contributed by atoms with van der Waals surface area (Å²) < 4.78 is 0. The van der Waals surface area contributed by atoms with Crippen LogP contribution in [0.2, 0.25) is 0 Å². The number of rotatable bonds is 6. The lowest BCUT2D eigenvalue weighted by molar-refractivity contribution is -0.120. The highest BCUT2D eigenvalue weighted by atomic mass is 32.2. The molecular weight excluding hydrogens is 316 g/mol. The number of aromatic amines is 1. The smallest absolute Gasteiger partial charge is 0.233 e. The van der Waals surface area contributed by atoms with Crippen molar-refractivity contribution in [3.63, 3.8) is 0 Å². The van der Waals surface area contributed by atoms with E-state index in [1.54, 1.807) is 11.3 Å². The molecule has 22 heavy (non-hydrogen) atoms. The molecule has 2 aromatic heterocycles. The zero-order chi connectivity index (χ0) is 15.4. The Morgan fingerprint density at radius 3 is 3.09 bits per heavy atom. The summed E-state index contributed by atoms with van der Waals surface area (Å²) in [7, 11) is 0. The molecule has 0 aromatic carbocycles. The molecule has 0 bridgehead atoms. The van der Waals surface area contributed by atoms with Gasteiger partial charge in [0.2, 0.25) is 11.1 Å². The molecule has 1 fully saturated rings. The summed E-state index contributed by atoms with van der Waals surface area (Å²) in [6.07, 6.45) is 4.93. The molecule has 7 heteroatoms. The minimum atomic E-state index is -0.202. The predicted molar refractivity (Wildman–Crippen MR) is 89.1 cm³/mol. The van der Waals surface area contributed by atoms with Gasteiger partial charge >= 0.3 is 0 Å². The Bertz CT molecular complexity index is 605. The average Bonchev–Trinajstić information content (AvgIpc) is 3.25. The van der Waals surface area contributed by atoms with Gasteiger partial charge in [-0.2, -0.15) is 0 Å². The summed E-state index contributed by atoms with van der Waals surface area (Å²) in [5, 5.41) is 12.7. The van der Waals surface area contributed by atoms with Crippen molar-refractivity contribution in [2.24, 2.45) is 0 Å². The molecule has 0 radical (unpaired) electrons. The normalized spacial score (nSPS) is 16.8. The van der Waals surface area contributed by atoms with Crippen LogP contribution in [0.1, 0.15) is 49.2 Å². The number of aromatic nitrogens is 3. The van der Waals surface area contributed by atoms with E-state index in [4.69, 9.17) is 0 Å². The van der Waals surface area contributed by atoms with E-state index >= 15 is 0 Å². The van der Waals surface area contributed by atoms with Crippen LogP contribution in [0, 0.1) is 0 Å². The standard InChI is InChI=1S/C15H20N4OS2/c1-10(14(20)16-9-12-7-4-8-21-12)22-15-17-13(18-19-15)11-5-2-3-6-11/h4,7-8,10-11H,2-3,5-6,9H2,1H3,(H,16,20)(H,17,18,19). The van der Waals surface area contributed by atoms with Crippen molar-refractivity contribution in [2.45, 2.75) is 55.5 Å². The second kappa shape index (κ2) is 7.28. The summed E-state index contributed by atoms with van der Waals surface area (Å²) >= 11 is 3.05. The SMILES string of the molecule is CC(Sc1n[nH]c(C2CCCC2)n1)C(=O)NCc1cccs1. The molecule has 1 unspecified atom stereocenters. The summed E-state index contributed by atoms with van der Waals surface area (Å²) in [6, 6.07) is 4.01. The van der Waals surface area contributed by atoms with Crippen molar-refractivity contribution in [2.75, 3.05) is 0 Å². The Labute approximate surface area is 138 Å². The van der Waals surface area contributed by atoms with Gasteiger partial charge in [0.25, 0.3) is 0 Å². The number of nitrogens with one attached hydrogen (secondary N) is 2. The van der Waals surface area contributed by atoms with Gasteiger partial charge in [0.1, 0.15) is 5.82 Å². The van der Waals surface area contributed by atoms with Crippen LogP contribution in [-0.4, -0.2) is 26.3 Å². The minimum Gasteiger partial charge on any atom is -0.350 e. The number of hydrogen-bond acceptors (Lipinski definition) is 5. The second-order valence-corrected chi connectivity index (χ2v) is 7.88. The van der Waals surface area contributed by atoms with E-state index in [1.165, 1.54) is 37.4 Å². The summed E-state index contributed by atoms with van der Waals surface area (Å²) in [4.78, 5) is 17.8. The largest absolute Gasteiger partial charge is 0.350 e. The molecule has 2 N–H and O–H groups in total. The van der Waals surface area contributed by atoms with Gasteiger partial charge in [-0.1, -0.05) is 30.7 Å². The molecule has 0 aliphatic heterocycles. The lowest BCUT2D eigenvalue weighted by Crippen LogP contribution is -2.30. The van der Waals surface area contributed by atoms with Gasteiger partial charge < -0.3 is 5.32 Å². The fourth-order valence-corrected chi connectivity index (χ4v) is 4.04. The van der Waals surface area contributed by atoms with Crippen molar-refractivity contribution >= 4 is 29.0 Å². The van der Waals surface area contributed by atoms with Gasteiger partial charge in [0.15, 0.2) is 0 Å². The number of hydrogen-bond donors (Lipinski definition) is 2. The van der Waals surface area contributed by atoms with Gasteiger partial charge in [-0.25, -0.2) is 4.98 Å². The molecule has 1 atom stereocenters. The number of thioether (sulfide) groups is 1. The van der Waals surface area contributed by atoms with E-state index in [1.807, 2.05) is 24.4 Å². The summed E-state index contributed by atoms with van der Waals surface area (Å²) in [5.74, 6) is 1.52. The number of nitrogens with zero attached hydrogens (tertiary/aromatic N) is 2. The van der Waals surface area contributed by atoms with Gasteiger partial charge in [0.05, 0.1) is 11.8 Å². The first-order valence-corrected chi connectivity index (χ1v) is 9.37. The topological polar surface area (TPSA) is 70.7 Å². The zero-order valence-corrected chi connectivity index (χ0v) is 14.2. The monoisotopic (exact) mass is 336 g/mol.